The van der Waals surface area contributed by atoms with Crippen LogP contribution in [0.15, 0.2) is 33.4 Å². The summed E-state index contributed by atoms with van der Waals surface area (Å²) >= 11 is 0. The zero-order valence-corrected chi connectivity index (χ0v) is 14.7. The Hall–Kier alpha value is -2.80. The Morgan fingerprint density at radius 2 is 2.23 bits per heavy atom. The number of hydrogen-bond acceptors (Lipinski definition) is 7. The molecule has 1 aliphatic carbocycles. The number of aromatic nitrogens is 3. The molecule has 0 amide bonds. The topological polar surface area (TPSA) is 91.2 Å². The van der Waals surface area contributed by atoms with Crippen molar-refractivity contribution in [3.63, 3.8) is 0 Å². The molecule has 0 aliphatic heterocycles. The molecule has 26 heavy (non-hydrogen) atoms. The van der Waals surface area contributed by atoms with E-state index in [2.05, 4.69) is 27.4 Å². The minimum Gasteiger partial charge on any atom is -0.375 e. The highest BCUT2D eigenvalue weighted by Gasteiger charge is 2.27. The Morgan fingerprint density at radius 3 is 3.00 bits per heavy atom. The summed E-state index contributed by atoms with van der Waals surface area (Å²) in [4.78, 5) is 16.8. The van der Waals surface area contributed by atoms with E-state index in [1.165, 1.54) is 11.1 Å². The quantitative estimate of drug-likeness (QED) is 0.626. The van der Waals surface area contributed by atoms with Gasteiger partial charge >= 0.3 is 0 Å². The molecule has 0 saturated carbocycles. The molecule has 0 bridgehead atoms. The van der Waals surface area contributed by atoms with Gasteiger partial charge in [-0.3, -0.25) is 4.79 Å². The van der Waals surface area contributed by atoms with Gasteiger partial charge in [0.05, 0.1) is 6.20 Å². The number of carbonyl (C=O) groups is 1. The van der Waals surface area contributed by atoms with Crippen LogP contribution in [0.3, 0.4) is 0 Å². The Kier molecular flexibility index (Phi) is 4.38. The normalized spacial score (nSPS) is 16.0. The van der Waals surface area contributed by atoms with Crippen molar-refractivity contribution < 1.29 is 18.6 Å². The fraction of sp³-hybridized carbons (Fsp3) is 0.368. The number of methoxy groups -OCH3 is 1. The van der Waals surface area contributed by atoms with Gasteiger partial charge < -0.3 is 13.8 Å². The first-order valence-electron chi connectivity index (χ1n) is 8.55. The van der Waals surface area contributed by atoms with Crippen LogP contribution in [0.25, 0.3) is 11.4 Å². The highest BCUT2D eigenvalue weighted by Crippen LogP contribution is 2.38. The number of carbonyl (C=O) groups excluding carboxylic acids is 1. The summed E-state index contributed by atoms with van der Waals surface area (Å²) < 4.78 is 15.2. The van der Waals surface area contributed by atoms with Crippen molar-refractivity contribution in [3.8, 4) is 11.4 Å². The van der Waals surface area contributed by atoms with Gasteiger partial charge in [-0.1, -0.05) is 22.4 Å². The lowest BCUT2D eigenvalue weighted by Crippen LogP contribution is -2.05. The average Bonchev–Trinajstić information content (AvgIpc) is 3.35. The summed E-state index contributed by atoms with van der Waals surface area (Å²) in [6, 6.07) is 6.12. The maximum absolute atomic E-state index is 12.5. The molecule has 1 atom stereocenters. The SMILES string of the molecule is COCc1nc(-c2ccc3c(c2)CC[C@H]3CC(=O)c2oncc2C)no1. The molecule has 7 nitrogen and oxygen atoms in total. The van der Waals surface area contributed by atoms with E-state index in [0.29, 0.717) is 30.5 Å². The summed E-state index contributed by atoms with van der Waals surface area (Å²) in [5.74, 6) is 1.58. The third-order valence-electron chi connectivity index (χ3n) is 4.77. The van der Waals surface area contributed by atoms with Crippen molar-refractivity contribution in [3.05, 3.63) is 52.7 Å². The number of hydrogen-bond donors (Lipinski definition) is 0. The van der Waals surface area contributed by atoms with Crippen LogP contribution in [-0.2, 0) is 17.8 Å². The molecule has 1 aromatic carbocycles. The van der Waals surface area contributed by atoms with Crippen LogP contribution in [0.2, 0.25) is 0 Å². The van der Waals surface area contributed by atoms with Crippen LogP contribution in [0.1, 0.15) is 51.9 Å². The lowest BCUT2D eigenvalue weighted by molar-refractivity contribution is 0.0936. The van der Waals surface area contributed by atoms with Gasteiger partial charge in [0.1, 0.15) is 6.61 Å². The zero-order chi connectivity index (χ0) is 18.1. The van der Waals surface area contributed by atoms with Gasteiger partial charge in [-0.25, -0.2) is 0 Å². The van der Waals surface area contributed by atoms with Gasteiger partial charge in [0, 0.05) is 24.7 Å². The van der Waals surface area contributed by atoms with Crippen LogP contribution in [0.5, 0.6) is 0 Å². The van der Waals surface area contributed by atoms with E-state index in [-0.39, 0.29) is 11.7 Å². The number of aryl methyl sites for hydroxylation is 2. The predicted octanol–water partition coefficient (Wildman–Crippen LogP) is 3.48. The molecule has 0 saturated heterocycles. The van der Waals surface area contributed by atoms with Crippen molar-refractivity contribution in [1.82, 2.24) is 15.3 Å². The molecular formula is C19H19N3O4. The molecule has 0 radical (unpaired) electrons. The maximum atomic E-state index is 12.5. The Morgan fingerprint density at radius 1 is 1.35 bits per heavy atom. The second-order valence-corrected chi connectivity index (χ2v) is 6.56. The number of Topliss-reactive ketones (excluding diaryl/α,β-unsaturated/α-hetero) is 1. The monoisotopic (exact) mass is 353 g/mol. The summed E-state index contributed by atoms with van der Waals surface area (Å²) in [6.45, 7) is 2.13. The molecule has 134 valence electrons. The average molecular weight is 353 g/mol. The summed E-state index contributed by atoms with van der Waals surface area (Å²) in [7, 11) is 1.58. The molecule has 1 aliphatic rings. The van der Waals surface area contributed by atoms with Gasteiger partial charge in [0.15, 0.2) is 0 Å². The van der Waals surface area contributed by atoms with Crippen LogP contribution in [0, 0.1) is 6.92 Å². The molecule has 7 heteroatoms. The van der Waals surface area contributed by atoms with Crippen LogP contribution in [-0.4, -0.2) is 28.2 Å². The first-order valence-corrected chi connectivity index (χ1v) is 8.55. The number of nitrogens with zero attached hydrogens (tertiary/aromatic N) is 3. The molecule has 0 fully saturated rings. The van der Waals surface area contributed by atoms with Crippen molar-refractivity contribution in [2.24, 2.45) is 0 Å². The second kappa shape index (κ2) is 6.84. The van der Waals surface area contributed by atoms with Crippen molar-refractivity contribution in [2.75, 3.05) is 7.11 Å². The summed E-state index contributed by atoms with van der Waals surface area (Å²) in [5.41, 5.74) is 4.13. The first-order chi connectivity index (χ1) is 12.7. The highest BCUT2D eigenvalue weighted by molar-refractivity contribution is 5.95. The molecule has 2 heterocycles. The number of ketones is 1. The van der Waals surface area contributed by atoms with Crippen molar-refractivity contribution >= 4 is 5.78 Å². The van der Waals surface area contributed by atoms with Gasteiger partial charge in [-0.15, -0.1) is 0 Å². The Balaban J connectivity index is 1.52. The zero-order valence-electron chi connectivity index (χ0n) is 14.7. The number of benzene rings is 1. The maximum Gasteiger partial charge on any atom is 0.252 e. The third-order valence-corrected chi connectivity index (χ3v) is 4.77. The number of ether oxygens (including phenoxy) is 1. The van der Waals surface area contributed by atoms with E-state index in [1.807, 2.05) is 13.0 Å². The third kappa shape index (κ3) is 3.06. The minimum absolute atomic E-state index is 0.00398. The van der Waals surface area contributed by atoms with E-state index >= 15 is 0 Å². The summed E-state index contributed by atoms with van der Waals surface area (Å²) in [6.07, 6.45) is 3.88. The first kappa shape index (κ1) is 16.7. The number of rotatable bonds is 6. The second-order valence-electron chi connectivity index (χ2n) is 6.56. The molecule has 0 unspecified atom stereocenters. The highest BCUT2D eigenvalue weighted by atomic mass is 16.5. The number of fused-ring (bicyclic) bond motifs is 1. The van der Waals surface area contributed by atoms with Crippen LogP contribution in [0.4, 0.5) is 0 Å². The van der Waals surface area contributed by atoms with Gasteiger partial charge in [-0.2, -0.15) is 4.98 Å². The van der Waals surface area contributed by atoms with Crippen molar-refractivity contribution in [2.45, 2.75) is 38.7 Å². The van der Waals surface area contributed by atoms with E-state index in [9.17, 15) is 4.79 Å². The van der Waals surface area contributed by atoms with Crippen LogP contribution >= 0.6 is 0 Å². The Labute approximate surface area is 150 Å². The molecule has 2 aromatic heterocycles. The van der Waals surface area contributed by atoms with Gasteiger partial charge in [-0.05, 0) is 42.9 Å². The minimum atomic E-state index is 0.00398. The van der Waals surface area contributed by atoms with E-state index in [0.717, 1.165) is 24.0 Å². The lowest BCUT2D eigenvalue weighted by Gasteiger charge is -2.10. The molecular weight excluding hydrogens is 334 g/mol. The fourth-order valence-corrected chi connectivity index (χ4v) is 3.49. The summed E-state index contributed by atoms with van der Waals surface area (Å²) in [5, 5.41) is 7.70. The van der Waals surface area contributed by atoms with Gasteiger partial charge in [0.25, 0.3) is 5.89 Å². The lowest BCUT2D eigenvalue weighted by atomic mass is 9.93. The van der Waals surface area contributed by atoms with Crippen LogP contribution < -0.4 is 0 Å². The van der Waals surface area contributed by atoms with E-state index in [1.54, 1.807) is 13.3 Å². The predicted molar refractivity (Wildman–Crippen MR) is 91.7 cm³/mol. The largest absolute Gasteiger partial charge is 0.375 e. The smallest absolute Gasteiger partial charge is 0.252 e. The fourth-order valence-electron chi connectivity index (χ4n) is 3.49. The van der Waals surface area contributed by atoms with Crippen molar-refractivity contribution in [1.29, 1.82) is 0 Å². The van der Waals surface area contributed by atoms with Gasteiger partial charge in [0.2, 0.25) is 17.4 Å². The van der Waals surface area contributed by atoms with E-state index < -0.39 is 0 Å². The molecule has 3 aromatic rings. The van der Waals surface area contributed by atoms with E-state index in [4.69, 9.17) is 13.8 Å². The Bertz CT molecular complexity index is 944. The molecule has 0 N–H and O–H groups in total. The molecule has 0 spiro atoms. The molecule has 4 rings (SSSR count). The standard InChI is InChI=1S/C19H19N3O4/c1-11-9-20-26-18(11)16(23)8-13-4-3-12-7-14(5-6-15(12)13)19-21-17(10-24-2)25-22-19/h5-7,9,13H,3-4,8,10H2,1-2H3/t13-/m0/s1.